The Balaban J connectivity index is 1.76. The van der Waals surface area contributed by atoms with Crippen LogP contribution in [0.4, 0.5) is 5.13 Å². The van der Waals surface area contributed by atoms with Gasteiger partial charge in [-0.15, -0.1) is 10.2 Å². The summed E-state index contributed by atoms with van der Waals surface area (Å²) in [7, 11) is 3.08. The number of carbonyl (C=O) groups is 1. The van der Waals surface area contributed by atoms with Crippen molar-refractivity contribution < 1.29 is 23.4 Å². The first-order valence-electron chi connectivity index (χ1n) is 11.1. The Morgan fingerprint density at radius 2 is 1.83 bits per heavy atom. The SMILES string of the molecule is CCOc1ccc2c(=O)c3c(oc2c1)C(=O)N(c1nnc(CC)s1)C3c1ccc(OC)c(OC)c1. The molecule has 0 fully saturated rings. The lowest BCUT2D eigenvalue weighted by molar-refractivity contribution is 0.0970. The van der Waals surface area contributed by atoms with E-state index in [2.05, 4.69) is 10.2 Å². The van der Waals surface area contributed by atoms with Gasteiger partial charge in [-0.3, -0.25) is 14.5 Å². The fourth-order valence-corrected chi connectivity index (χ4v) is 5.03. The molecule has 10 heteroatoms. The Labute approximate surface area is 204 Å². The number of aromatic nitrogens is 2. The first-order valence-corrected chi connectivity index (χ1v) is 11.9. The second-order valence-corrected chi connectivity index (χ2v) is 8.83. The first kappa shape index (κ1) is 22.9. The molecule has 1 amide bonds. The monoisotopic (exact) mass is 493 g/mol. The van der Waals surface area contributed by atoms with Crippen LogP contribution < -0.4 is 24.5 Å². The van der Waals surface area contributed by atoms with Gasteiger partial charge in [-0.1, -0.05) is 24.3 Å². The van der Waals surface area contributed by atoms with E-state index >= 15 is 0 Å². The maximum atomic E-state index is 13.8. The van der Waals surface area contributed by atoms with E-state index in [0.717, 1.165) is 5.01 Å². The summed E-state index contributed by atoms with van der Waals surface area (Å²) < 4.78 is 22.4. The van der Waals surface area contributed by atoms with Crippen molar-refractivity contribution in [1.82, 2.24) is 10.2 Å². The Morgan fingerprint density at radius 1 is 1.03 bits per heavy atom. The van der Waals surface area contributed by atoms with Gasteiger partial charge in [0.15, 0.2) is 16.9 Å². The summed E-state index contributed by atoms with van der Waals surface area (Å²) in [6.07, 6.45) is 0.676. The van der Waals surface area contributed by atoms with Crippen LogP contribution in [0.1, 0.15) is 46.6 Å². The number of anilines is 1. The average Bonchev–Trinajstić information content (AvgIpc) is 3.46. The highest BCUT2D eigenvalue weighted by Gasteiger charge is 2.45. The van der Waals surface area contributed by atoms with Crippen LogP contribution in [0.15, 0.2) is 45.6 Å². The van der Waals surface area contributed by atoms with Crippen molar-refractivity contribution in [3.8, 4) is 17.2 Å². The number of benzene rings is 2. The lowest BCUT2D eigenvalue weighted by atomic mass is 9.98. The van der Waals surface area contributed by atoms with E-state index in [-0.39, 0.29) is 22.3 Å². The van der Waals surface area contributed by atoms with Crippen molar-refractivity contribution in [2.45, 2.75) is 26.3 Å². The first-order chi connectivity index (χ1) is 17.0. The van der Waals surface area contributed by atoms with E-state index in [1.54, 1.807) is 43.5 Å². The highest BCUT2D eigenvalue weighted by Crippen LogP contribution is 2.44. The van der Waals surface area contributed by atoms with Crippen LogP contribution in [-0.2, 0) is 6.42 Å². The van der Waals surface area contributed by atoms with E-state index < -0.39 is 11.9 Å². The number of amides is 1. The quantitative estimate of drug-likeness (QED) is 0.374. The lowest BCUT2D eigenvalue weighted by Crippen LogP contribution is -2.29. The fraction of sp³-hybridized carbons (Fsp3) is 0.280. The van der Waals surface area contributed by atoms with Crippen molar-refractivity contribution in [3.63, 3.8) is 0 Å². The third-order valence-electron chi connectivity index (χ3n) is 5.84. The van der Waals surface area contributed by atoms with Crippen molar-refractivity contribution in [1.29, 1.82) is 0 Å². The molecule has 1 aliphatic rings. The van der Waals surface area contributed by atoms with Crippen LogP contribution in [-0.4, -0.2) is 36.9 Å². The van der Waals surface area contributed by atoms with Gasteiger partial charge in [0, 0.05) is 6.07 Å². The summed E-state index contributed by atoms with van der Waals surface area (Å²) >= 11 is 1.30. The van der Waals surface area contributed by atoms with Gasteiger partial charge in [0.2, 0.25) is 10.9 Å². The maximum Gasteiger partial charge on any atom is 0.297 e. The predicted molar refractivity (Wildman–Crippen MR) is 131 cm³/mol. The van der Waals surface area contributed by atoms with E-state index in [1.807, 2.05) is 13.8 Å². The molecule has 1 atom stereocenters. The molecule has 4 aromatic rings. The van der Waals surface area contributed by atoms with Crippen LogP contribution in [0.3, 0.4) is 0 Å². The number of nitrogens with zero attached hydrogens (tertiary/aromatic N) is 3. The van der Waals surface area contributed by atoms with Gasteiger partial charge in [0.05, 0.1) is 37.8 Å². The van der Waals surface area contributed by atoms with Crippen LogP contribution in [0.25, 0.3) is 11.0 Å². The summed E-state index contributed by atoms with van der Waals surface area (Å²) in [5, 5.41) is 9.95. The maximum absolute atomic E-state index is 13.8. The second kappa shape index (κ2) is 9.03. The van der Waals surface area contributed by atoms with Gasteiger partial charge in [0.1, 0.15) is 16.3 Å². The van der Waals surface area contributed by atoms with E-state index in [9.17, 15) is 9.59 Å². The molecule has 2 aromatic heterocycles. The molecule has 0 aliphatic carbocycles. The van der Waals surface area contributed by atoms with Crippen LogP contribution >= 0.6 is 11.3 Å². The largest absolute Gasteiger partial charge is 0.494 e. The van der Waals surface area contributed by atoms with Crippen molar-refractivity contribution in [3.05, 3.63) is 68.5 Å². The molecule has 180 valence electrons. The summed E-state index contributed by atoms with van der Waals surface area (Å²) in [6, 6.07) is 9.51. The number of hydrogen-bond acceptors (Lipinski definition) is 9. The molecule has 0 saturated carbocycles. The van der Waals surface area contributed by atoms with Crippen LogP contribution in [0, 0.1) is 0 Å². The predicted octanol–water partition coefficient (Wildman–Crippen LogP) is 4.37. The van der Waals surface area contributed by atoms with E-state index in [0.29, 0.717) is 46.4 Å². The Bertz CT molecular complexity index is 1490. The van der Waals surface area contributed by atoms with Crippen LogP contribution in [0.5, 0.6) is 17.2 Å². The molecular weight excluding hydrogens is 470 g/mol. The molecular formula is C25H23N3O6S. The highest BCUT2D eigenvalue weighted by atomic mass is 32.1. The fourth-order valence-electron chi connectivity index (χ4n) is 4.23. The molecule has 3 heterocycles. The summed E-state index contributed by atoms with van der Waals surface area (Å²) in [4.78, 5) is 28.9. The number of carbonyl (C=O) groups excluding carboxylic acids is 1. The number of rotatable bonds is 7. The van der Waals surface area contributed by atoms with Crippen LogP contribution in [0.2, 0.25) is 0 Å². The second-order valence-electron chi connectivity index (χ2n) is 7.79. The van der Waals surface area contributed by atoms with Gasteiger partial charge < -0.3 is 18.6 Å². The van der Waals surface area contributed by atoms with Gasteiger partial charge in [-0.05, 0) is 43.2 Å². The minimum Gasteiger partial charge on any atom is -0.494 e. The van der Waals surface area contributed by atoms with Crippen molar-refractivity contribution in [2.24, 2.45) is 0 Å². The zero-order valence-corrected chi connectivity index (χ0v) is 20.5. The third-order valence-corrected chi connectivity index (χ3v) is 6.91. The molecule has 9 nitrogen and oxygen atoms in total. The van der Waals surface area contributed by atoms with Crippen molar-refractivity contribution >= 4 is 33.3 Å². The summed E-state index contributed by atoms with van der Waals surface area (Å²) in [5.41, 5.74) is 0.889. The molecule has 35 heavy (non-hydrogen) atoms. The minimum atomic E-state index is -0.776. The lowest BCUT2D eigenvalue weighted by Gasteiger charge is -2.23. The number of aryl methyl sites for hydroxylation is 1. The average molecular weight is 494 g/mol. The molecule has 0 N–H and O–H groups in total. The highest BCUT2D eigenvalue weighted by molar-refractivity contribution is 7.15. The molecule has 2 aromatic carbocycles. The van der Waals surface area contributed by atoms with E-state index in [4.69, 9.17) is 18.6 Å². The van der Waals surface area contributed by atoms with Gasteiger partial charge >= 0.3 is 0 Å². The zero-order chi connectivity index (χ0) is 24.7. The minimum absolute atomic E-state index is 0.0239. The Hall–Kier alpha value is -3.92. The smallest absolute Gasteiger partial charge is 0.297 e. The third kappa shape index (κ3) is 3.70. The zero-order valence-electron chi connectivity index (χ0n) is 19.7. The Morgan fingerprint density at radius 3 is 2.51 bits per heavy atom. The molecule has 0 spiro atoms. The number of methoxy groups -OCH3 is 2. The standard InChI is InChI=1S/C25H23N3O6S/c1-5-19-26-27-25(35-19)28-21(13-7-10-16(31-3)18(11-13)32-4)20-22(29)15-9-8-14(33-6-2)12-17(15)34-23(20)24(28)30/h7-12,21H,5-6H2,1-4H3. The summed E-state index contributed by atoms with van der Waals surface area (Å²) in [5.74, 6) is 1.08. The molecule has 1 aliphatic heterocycles. The molecule has 0 bridgehead atoms. The van der Waals surface area contributed by atoms with E-state index in [1.165, 1.54) is 23.3 Å². The normalized spacial score (nSPS) is 14.9. The topological polar surface area (TPSA) is 104 Å². The summed E-state index contributed by atoms with van der Waals surface area (Å²) in [6.45, 7) is 4.29. The van der Waals surface area contributed by atoms with Crippen molar-refractivity contribution in [2.75, 3.05) is 25.7 Å². The van der Waals surface area contributed by atoms with Gasteiger partial charge in [0.25, 0.3) is 5.91 Å². The molecule has 0 radical (unpaired) electrons. The molecule has 0 saturated heterocycles. The van der Waals surface area contributed by atoms with Gasteiger partial charge in [-0.2, -0.15) is 0 Å². The number of ether oxygens (including phenoxy) is 3. The van der Waals surface area contributed by atoms with Gasteiger partial charge in [-0.25, -0.2) is 0 Å². The number of fused-ring (bicyclic) bond motifs is 2. The molecule has 1 unspecified atom stereocenters. The Kier molecular flexibility index (Phi) is 5.89. The molecule has 5 rings (SSSR count). The number of hydrogen-bond donors (Lipinski definition) is 0.